The Morgan fingerprint density at radius 1 is 1.10 bits per heavy atom. The summed E-state index contributed by atoms with van der Waals surface area (Å²) in [5.41, 5.74) is 3.58. The zero-order valence-corrected chi connectivity index (χ0v) is 24.6. The Kier molecular flexibility index (Phi) is 8.49. The summed E-state index contributed by atoms with van der Waals surface area (Å²) in [6.07, 6.45) is 2.40. The number of H-pyrrole nitrogens is 1. The topological polar surface area (TPSA) is 129 Å². The number of nitrogens with one attached hydrogen (secondary N) is 2. The largest absolute Gasteiger partial charge is 0.343 e. The quantitative estimate of drug-likeness (QED) is 0.419. The first-order valence-corrected chi connectivity index (χ1v) is 15.3. The third-order valence-electron chi connectivity index (χ3n) is 8.06. The highest BCUT2D eigenvalue weighted by atomic mass is 32.2. The summed E-state index contributed by atoms with van der Waals surface area (Å²) in [5, 5.41) is 9.02. The van der Waals surface area contributed by atoms with Crippen LogP contribution in [0.4, 0.5) is 4.39 Å². The minimum Gasteiger partial charge on any atom is -0.343 e. The van der Waals surface area contributed by atoms with Crippen molar-refractivity contribution in [2.24, 2.45) is 0 Å². The van der Waals surface area contributed by atoms with Gasteiger partial charge in [0.2, 0.25) is 5.91 Å². The Labute approximate surface area is 239 Å². The third kappa shape index (κ3) is 6.40. The molecule has 1 aliphatic heterocycles. The van der Waals surface area contributed by atoms with Gasteiger partial charge in [-0.05, 0) is 87.6 Å². The Bertz CT molecular complexity index is 1650. The van der Waals surface area contributed by atoms with Crippen molar-refractivity contribution in [2.75, 3.05) is 12.8 Å². The molecule has 41 heavy (non-hydrogen) atoms. The van der Waals surface area contributed by atoms with Crippen LogP contribution in [0, 0.1) is 19.7 Å². The molecule has 0 aliphatic carbocycles. The van der Waals surface area contributed by atoms with Crippen molar-refractivity contribution in [1.82, 2.24) is 20.4 Å². The molecule has 2 atom stereocenters. The number of amides is 2. The van der Waals surface area contributed by atoms with Crippen LogP contribution in [0.25, 0.3) is 0 Å². The molecule has 1 fully saturated rings. The van der Waals surface area contributed by atoms with E-state index in [9.17, 15) is 27.2 Å². The van der Waals surface area contributed by atoms with E-state index in [4.69, 9.17) is 0 Å². The van der Waals surface area contributed by atoms with Gasteiger partial charge in [0, 0.05) is 23.8 Å². The first-order chi connectivity index (χ1) is 19.2. The average molecular weight is 583 g/mol. The lowest BCUT2D eigenvalue weighted by atomic mass is 9.99. The van der Waals surface area contributed by atoms with Crippen LogP contribution < -0.4 is 10.9 Å². The monoisotopic (exact) mass is 582 g/mol. The van der Waals surface area contributed by atoms with E-state index in [0.717, 1.165) is 17.4 Å². The van der Waals surface area contributed by atoms with Crippen LogP contribution in [-0.2, 0) is 21.1 Å². The molecule has 2 N–H and O–H groups in total. The van der Waals surface area contributed by atoms with Gasteiger partial charge in [-0.15, -0.1) is 0 Å². The smallest absolute Gasteiger partial charge is 0.267 e. The van der Waals surface area contributed by atoms with Gasteiger partial charge in [0.1, 0.15) is 5.82 Å². The summed E-state index contributed by atoms with van der Waals surface area (Å²) in [4.78, 5) is 40.2. The maximum Gasteiger partial charge on any atom is 0.267 e. The van der Waals surface area contributed by atoms with E-state index in [1.165, 1.54) is 17.0 Å². The van der Waals surface area contributed by atoms with E-state index in [0.29, 0.717) is 41.6 Å². The van der Waals surface area contributed by atoms with Crippen molar-refractivity contribution in [3.05, 3.63) is 98.2 Å². The standard InChI is InChI=1S/C30H35FN4O5S/c1-18-13-22(10-9-20(18)15-23-14-19(2)33-34-29(23)38)28(37)32-17-27(36)35-25(21-7-6-8-24(31)16-21)11-12-26(35)30(3,4)41(5,39)40/h6-10,13-14,16,25-26H,11-12,15,17H2,1-5H3,(H,32,37)(H,34,38)/t25-,26+/m0/s1. The first-order valence-electron chi connectivity index (χ1n) is 13.4. The number of nitrogens with zero attached hydrogens (tertiary/aromatic N) is 2. The van der Waals surface area contributed by atoms with Gasteiger partial charge in [0.15, 0.2) is 9.84 Å². The SMILES string of the molecule is Cc1cc(Cc2ccc(C(=O)NCC(=O)N3[C@H](c4cccc(F)c4)CC[C@@H]3C(C)(C)S(C)(=O)=O)cc2C)c(=O)[nH]n1. The molecule has 0 bridgehead atoms. The number of carbonyl (C=O) groups excluding carboxylic acids is 2. The number of halogens is 1. The second kappa shape index (κ2) is 11.6. The second-order valence-corrected chi connectivity index (χ2v) is 13.8. The average Bonchev–Trinajstić information content (AvgIpc) is 3.36. The fraction of sp³-hybridized carbons (Fsp3) is 0.400. The number of rotatable bonds is 8. The van der Waals surface area contributed by atoms with Gasteiger partial charge in [0.05, 0.1) is 29.1 Å². The van der Waals surface area contributed by atoms with Crippen LogP contribution in [0.1, 0.15) is 71.0 Å². The van der Waals surface area contributed by atoms with E-state index in [2.05, 4.69) is 15.5 Å². The number of carbonyl (C=O) groups is 2. The summed E-state index contributed by atoms with van der Waals surface area (Å²) in [7, 11) is -3.56. The van der Waals surface area contributed by atoms with Gasteiger partial charge in [-0.1, -0.05) is 18.2 Å². The number of benzene rings is 2. The molecule has 1 saturated heterocycles. The maximum absolute atomic E-state index is 14.1. The van der Waals surface area contributed by atoms with Gasteiger partial charge in [-0.25, -0.2) is 17.9 Å². The molecular formula is C30H35FN4O5S. The summed E-state index contributed by atoms with van der Waals surface area (Å²) in [6.45, 7) is 6.45. The molecule has 0 unspecified atom stereocenters. The normalized spacial score (nSPS) is 17.5. The molecule has 11 heteroatoms. The highest BCUT2D eigenvalue weighted by Crippen LogP contribution is 2.42. The van der Waals surface area contributed by atoms with Crippen molar-refractivity contribution >= 4 is 21.7 Å². The summed E-state index contributed by atoms with van der Waals surface area (Å²) >= 11 is 0. The number of aryl methyl sites for hydroxylation is 2. The number of likely N-dealkylation sites (tertiary alicyclic amines) is 1. The van der Waals surface area contributed by atoms with Crippen LogP contribution in [0.5, 0.6) is 0 Å². The second-order valence-electron chi connectivity index (χ2n) is 11.2. The molecule has 0 spiro atoms. The van der Waals surface area contributed by atoms with Crippen molar-refractivity contribution in [3.63, 3.8) is 0 Å². The molecule has 4 rings (SSSR count). The van der Waals surface area contributed by atoms with E-state index in [1.54, 1.807) is 57.2 Å². The third-order valence-corrected chi connectivity index (χ3v) is 10.2. The predicted octanol–water partition coefficient (Wildman–Crippen LogP) is 3.40. The van der Waals surface area contributed by atoms with E-state index in [-0.39, 0.29) is 12.1 Å². The Morgan fingerprint density at radius 2 is 1.83 bits per heavy atom. The number of hydrogen-bond donors (Lipinski definition) is 2. The van der Waals surface area contributed by atoms with E-state index in [1.807, 2.05) is 6.92 Å². The molecule has 3 aromatic rings. The zero-order valence-electron chi connectivity index (χ0n) is 23.8. The highest BCUT2D eigenvalue weighted by Gasteiger charge is 2.49. The Morgan fingerprint density at radius 3 is 2.49 bits per heavy atom. The number of aromatic amines is 1. The molecule has 0 saturated carbocycles. The zero-order chi connectivity index (χ0) is 30.1. The minimum atomic E-state index is -3.56. The van der Waals surface area contributed by atoms with Crippen molar-refractivity contribution in [1.29, 1.82) is 0 Å². The van der Waals surface area contributed by atoms with Crippen molar-refractivity contribution in [2.45, 2.75) is 63.8 Å². The number of aromatic nitrogens is 2. The van der Waals surface area contributed by atoms with Gasteiger partial charge in [0.25, 0.3) is 11.5 Å². The van der Waals surface area contributed by atoms with Crippen LogP contribution in [-0.4, -0.2) is 58.9 Å². The van der Waals surface area contributed by atoms with Gasteiger partial charge in [-0.2, -0.15) is 5.10 Å². The fourth-order valence-electron chi connectivity index (χ4n) is 5.41. The lowest BCUT2D eigenvalue weighted by molar-refractivity contribution is -0.133. The minimum absolute atomic E-state index is 0.272. The Balaban J connectivity index is 1.52. The molecular weight excluding hydrogens is 547 g/mol. The van der Waals surface area contributed by atoms with E-state index >= 15 is 0 Å². The molecule has 2 aromatic carbocycles. The summed E-state index contributed by atoms with van der Waals surface area (Å²) in [5.74, 6) is -1.37. The lowest BCUT2D eigenvalue weighted by Gasteiger charge is -2.39. The van der Waals surface area contributed by atoms with Crippen LogP contribution in [0.15, 0.2) is 53.3 Å². The number of hydrogen-bond acceptors (Lipinski definition) is 6. The fourth-order valence-corrected chi connectivity index (χ4v) is 6.14. The van der Waals surface area contributed by atoms with Gasteiger partial charge >= 0.3 is 0 Å². The van der Waals surface area contributed by atoms with Gasteiger partial charge < -0.3 is 10.2 Å². The van der Waals surface area contributed by atoms with Crippen LogP contribution in [0.2, 0.25) is 0 Å². The Hall–Kier alpha value is -3.86. The highest BCUT2D eigenvalue weighted by molar-refractivity contribution is 7.92. The molecule has 2 heterocycles. The molecule has 9 nitrogen and oxygen atoms in total. The number of sulfone groups is 1. The molecule has 1 aromatic heterocycles. The molecule has 2 amide bonds. The molecule has 218 valence electrons. The van der Waals surface area contributed by atoms with Crippen LogP contribution >= 0.6 is 0 Å². The van der Waals surface area contributed by atoms with Crippen molar-refractivity contribution in [3.8, 4) is 0 Å². The molecule has 0 radical (unpaired) electrons. The summed E-state index contributed by atoms with van der Waals surface area (Å²) < 4.78 is 38.2. The lowest BCUT2D eigenvalue weighted by Crippen LogP contribution is -2.54. The van der Waals surface area contributed by atoms with Gasteiger partial charge in [-0.3, -0.25) is 14.4 Å². The van der Waals surface area contributed by atoms with E-state index < -0.39 is 44.3 Å². The van der Waals surface area contributed by atoms with Crippen molar-refractivity contribution < 1.29 is 22.4 Å². The predicted molar refractivity (Wildman–Crippen MR) is 154 cm³/mol. The first kappa shape index (κ1) is 30.1. The summed E-state index contributed by atoms with van der Waals surface area (Å²) in [6, 6.07) is 11.6. The van der Waals surface area contributed by atoms with Crippen LogP contribution in [0.3, 0.4) is 0 Å². The maximum atomic E-state index is 14.1. The molecule has 1 aliphatic rings.